The van der Waals surface area contributed by atoms with Gasteiger partial charge in [0.1, 0.15) is 6.23 Å². The van der Waals surface area contributed by atoms with E-state index in [9.17, 15) is 13.5 Å². The van der Waals surface area contributed by atoms with Gasteiger partial charge in [0.25, 0.3) is 0 Å². The summed E-state index contributed by atoms with van der Waals surface area (Å²) < 4.78 is 36.9. The number of aliphatic hydroxyl groups excluding tert-OH is 1. The first kappa shape index (κ1) is 27.3. The first-order valence-electron chi connectivity index (χ1n) is 14.3. The van der Waals surface area contributed by atoms with Gasteiger partial charge < -0.3 is 14.6 Å². The molecule has 6 rings (SSSR count). The SMILES string of the molecule is Cc1ccccc1C(O)N1CCC(C2CCN(Cc3ccc(S(=O)(=O)c4ccc5c(c4)OCO5)cc3)CC2)CC1. The van der Waals surface area contributed by atoms with Crippen LogP contribution in [0.1, 0.15) is 48.6 Å². The molecule has 3 heterocycles. The Morgan fingerprint density at radius 3 is 2.15 bits per heavy atom. The van der Waals surface area contributed by atoms with Gasteiger partial charge >= 0.3 is 0 Å². The first-order chi connectivity index (χ1) is 19.4. The van der Waals surface area contributed by atoms with Crippen molar-refractivity contribution in [3.8, 4) is 11.5 Å². The van der Waals surface area contributed by atoms with Crippen LogP contribution in [0.15, 0.2) is 76.5 Å². The molecule has 0 radical (unpaired) electrons. The van der Waals surface area contributed by atoms with E-state index in [1.54, 1.807) is 24.3 Å². The van der Waals surface area contributed by atoms with Gasteiger partial charge in [0.15, 0.2) is 11.5 Å². The smallest absolute Gasteiger partial charge is 0.231 e. The Balaban J connectivity index is 0.988. The summed E-state index contributed by atoms with van der Waals surface area (Å²) in [6.45, 7) is 7.03. The Morgan fingerprint density at radius 2 is 1.45 bits per heavy atom. The average Bonchev–Trinajstić information content (AvgIpc) is 3.46. The quantitative estimate of drug-likeness (QED) is 0.426. The van der Waals surface area contributed by atoms with Gasteiger partial charge in [-0.05, 0) is 98.5 Å². The van der Waals surface area contributed by atoms with Gasteiger partial charge in [-0.3, -0.25) is 9.80 Å². The molecule has 0 aromatic heterocycles. The maximum Gasteiger partial charge on any atom is 0.231 e. The lowest BCUT2D eigenvalue weighted by Crippen LogP contribution is -2.41. The highest BCUT2D eigenvalue weighted by Gasteiger charge is 2.32. The predicted octanol–water partition coefficient (Wildman–Crippen LogP) is 5.17. The zero-order chi connectivity index (χ0) is 27.7. The lowest BCUT2D eigenvalue weighted by atomic mass is 9.78. The van der Waals surface area contributed by atoms with E-state index >= 15 is 0 Å². The topological polar surface area (TPSA) is 79.3 Å². The number of nitrogens with zero attached hydrogens (tertiary/aromatic N) is 2. The van der Waals surface area contributed by atoms with Gasteiger partial charge in [0, 0.05) is 25.7 Å². The minimum Gasteiger partial charge on any atom is -0.454 e. The Kier molecular flexibility index (Phi) is 7.86. The monoisotopic (exact) mass is 562 g/mol. The van der Waals surface area contributed by atoms with Crippen LogP contribution in [0.4, 0.5) is 0 Å². The summed E-state index contributed by atoms with van der Waals surface area (Å²) >= 11 is 0. The molecule has 7 nitrogen and oxygen atoms in total. The van der Waals surface area contributed by atoms with Gasteiger partial charge in [-0.25, -0.2) is 8.42 Å². The van der Waals surface area contributed by atoms with Gasteiger partial charge in [-0.2, -0.15) is 0 Å². The normalized spacial score (nSPS) is 20.1. The third kappa shape index (κ3) is 5.63. The molecule has 40 heavy (non-hydrogen) atoms. The number of likely N-dealkylation sites (tertiary alicyclic amines) is 2. The van der Waals surface area contributed by atoms with E-state index in [4.69, 9.17) is 9.47 Å². The number of aliphatic hydroxyl groups is 1. The van der Waals surface area contributed by atoms with Gasteiger partial charge in [-0.1, -0.05) is 36.4 Å². The minimum atomic E-state index is -3.63. The van der Waals surface area contributed by atoms with E-state index in [-0.39, 0.29) is 16.6 Å². The zero-order valence-electron chi connectivity index (χ0n) is 23.0. The summed E-state index contributed by atoms with van der Waals surface area (Å²) in [5.41, 5.74) is 3.29. The molecule has 1 unspecified atom stereocenters. The molecule has 0 aliphatic carbocycles. The van der Waals surface area contributed by atoms with Gasteiger partial charge in [-0.15, -0.1) is 0 Å². The summed E-state index contributed by atoms with van der Waals surface area (Å²) in [5.74, 6) is 2.50. The molecule has 2 fully saturated rings. The number of ether oxygens (including phenoxy) is 2. The number of sulfone groups is 1. The number of rotatable bonds is 7. The van der Waals surface area contributed by atoms with Crippen LogP contribution in [0.5, 0.6) is 11.5 Å². The fourth-order valence-corrected chi connectivity index (χ4v) is 7.78. The number of hydrogen-bond acceptors (Lipinski definition) is 7. The van der Waals surface area contributed by atoms with E-state index in [1.807, 2.05) is 30.3 Å². The second-order valence-corrected chi connectivity index (χ2v) is 13.3. The molecule has 2 saturated heterocycles. The van der Waals surface area contributed by atoms with Crippen molar-refractivity contribution >= 4 is 9.84 Å². The molecular weight excluding hydrogens is 524 g/mol. The van der Waals surface area contributed by atoms with Crippen LogP contribution in [0, 0.1) is 18.8 Å². The van der Waals surface area contributed by atoms with Crippen LogP contribution < -0.4 is 9.47 Å². The molecule has 3 aromatic rings. The number of fused-ring (bicyclic) bond motifs is 1. The standard InChI is InChI=1S/C32H38N2O5S/c1-23-4-2-3-5-29(23)32(35)34-18-14-26(15-19-34)25-12-16-33(17-13-25)21-24-6-8-27(9-7-24)40(36,37)28-10-11-30-31(20-28)39-22-38-30/h2-11,20,25-26,32,35H,12-19,21-22H2,1H3. The molecule has 1 atom stereocenters. The summed E-state index contributed by atoms with van der Waals surface area (Å²) in [6.07, 6.45) is 4.17. The van der Waals surface area contributed by atoms with Crippen molar-refractivity contribution in [2.75, 3.05) is 33.0 Å². The summed E-state index contributed by atoms with van der Waals surface area (Å²) in [7, 11) is -3.63. The number of aryl methyl sites for hydroxylation is 1. The van der Waals surface area contributed by atoms with E-state index in [0.717, 1.165) is 74.1 Å². The van der Waals surface area contributed by atoms with Crippen LogP contribution in [0.3, 0.4) is 0 Å². The molecule has 3 aliphatic rings. The number of hydrogen-bond donors (Lipinski definition) is 1. The minimum absolute atomic E-state index is 0.114. The van der Waals surface area contributed by atoms with Gasteiger partial charge in [0.05, 0.1) is 9.79 Å². The zero-order valence-corrected chi connectivity index (χ0v) is 23.9. The van der Waals surface area contributed by atoms with Crippen molar-refractivity contribution in [3.63, 3.8) is 0 Å². The van der Waals surface area contributed by atoms with Crippen LogP contribution in [0.2, 0.25) is 0 Å². The molecule has 8 heteroatoms. The van der Waals surface area contributed by atoms with Crippen molar-refractivity contribution in [1.82, 2.24) is 9.80 Å². The van der Waals surface area contributed by atoms with Crippen molar-refractivity contribution in [2.24, 2.45) is 11.8 Å². The second-order valence-electron chi connectivity index (χ2n) is 11.4. The second kappa shape index (κ2) is 11.5. The van der Waals surface area contributed by atoms with E-state index < -0.39 is 16.1 Å². The third-order valence-electron chi connectivity index (χ3n) is 8.98. The molecule has 0 saturated carbocycles. The highest BCUT2D eigenvalue weighted by Crippen LogP contribution is 2.37. The highest BCUT2D eigenvalue weighted by atomic mass is 32.2. The van der Waals surface area contributed by atoms with E-state index in [0.29, 0.717) is 11.5 Å². The van der Waals surface area contributed by atoms with Crippen molar-refractivity contribution in [3.05, 3.63) is 83.4 Å². The maximum absolute atomic E-state index is 13.1. The molecule has 1 N–H and O–H groups in total. The molecule has 0 amide bonds. The Labute approximate surface area is 237 Å². The summed E-state index contributed by atoms with van der Waals surface area (Å²) in [6, 6.07) is 20.2. The number of piperidine rings is 2. The third-order valence-corrected chi connectivity index (χ3v) is 10.7. The van der Waals surface area contributed by atoms with Crippen LogP contribution in [-0.4, -0.2) is 56.3 Å². The summed E-state index contributed by atoms with van der Waals surface area (Å²) in [4.78, 5) is 5.20. The van der Waals surface area contributed by atoms with Crippen LogP contribution in [-0.2, 0) is 16.4 Å². The largest absolute Gasteiger partial charge is 0.454 e. The molecule has 0 spiro atoms. The molecule has 3 aliphatic heterocycles. The Bertz CT molecular complexity index is 1430. The Hall–Kier alpha value is -2.91. The lowest BCUT2D eigenvalue weighted by Gasteiger charge is -2.41. The van der Waals surface area contributed by atoms with Crippen molar-refractivity contribution < 1.29 is 23.0 Å². The van der Waals surface area contributed by atoms with Crippen molar-refractivity contribution in [1.29, 1.82) is 0 Å². The Morgan fingerprint density at radius 1 is 0.825 bits per heavy atom. The molecule has 212 valence electrons. The van der Waals surface area contributed by atoms with E-state index in [2.05, 4.69) is 22.8 Å². The molecular formula is C32H38N2O5S. The fraction of sp³-hybridized carbons (Fsp3) is 0.438. The van der Waals surface area contributed by atoms with Crippen LogP contribution in [0.25, 0.3) is 0 Å². The lowest BCUT2D eigenvalue weighted by molar-refractivity contribution is -0.0286. The van der Waals surface area contributed by atoms with Gasteiger partial charge in [0.2, 0.25) is 16.6 Å². The fourth-order valence-electron chi connectivity index (χ4n) is 6.50. The average molecular weight is 563 g/mol. The molecule has 0 bridgehead atoms. The van der Waals surface area contributed by atoms with Crippen molar-refractivity contribution in [2.45, 2.75) is 55.2 Å². The van der Waals surface area contributed by atoms with Crippen LogP contribution >= 0.6 is 0 Å². The maximum atomic E-state index is 13.1. The predicted molar refractivity (Wildman–Crippen MR) is 153 cm³/mol. The summed E-state index contributed by atoms with van der Waals surface area (Å²) in [5, 5.41) is 10.9. The molecule has 3 aromatic carbocycles. The number of benzene rings is 3. The van der Waals surface area contributed by atoms with E-state index in [1.165, 1.54) is 18.9 Å². The highest BCUT2D eigenvalue weighted by molar-refractivity contribution is 7.91. The first-order valence-corrected chi connectivity index (χ1v) is 15.8.